The number of benzene rings is 3. The highest BCUT2D eigenvalue weighted by molar-refractivity contribution is 5.86. The fourth-order valence-corrected chi connectivity index (χ4v) is 4.93. The van der Waals surface area contributed by atoms with Crippen molar-refractivity contribution in [2.75, 3.05) is 11.9 Å². The van der Waals surface area contributed by atoms with Gasteiger partial charge in [0.15, 0.2) is 0 Å². The second kappa shape index (κ2) is 12.9. The van der Waals surface area contributed by atoms with Crippen molar-refractivity contribution in [1.82, 2.24) is 14.8 Å². The standard InChI is InChI=1S/C33H38N4O5/c1-6-36(20-24-15-11-8-12-16-24)29(38)27(19-23-13-9-7-10-14-23)35-31-34-26-18-17-25(22(2)28(26)30(39)42-31)21-37(32(40)41)33(3,4)5/h7-18,27H,6,19-21H2,1-5H3,(H,34,35)(H,40,41)/t27-/m0/s1. The molecule has 4 aromatic rings. The number of amides is 2. The summed E-state index contributed by atoms with van der Waals surface area (Å²) in [6.07, 6.45) is -0.682. The Bertz CT molecular complexity index is 1600. The third-order valence-electron chi connectivity index (χ3n) is 7.33. The van der Waals surface area contributed by atoms with E-state index < -0.39 is 23.3 Å². The zero-order chi connectivity index (χ0) is 30.4. The molecule has 9 heteroatoms. The van der Waals surface area contributed by atoms with Crippen molar-refractivity contribution >= 4 is 28.9 Å². The van der Waals surface area contributed by atoms with Crippen LogP contribution in [0.3, 0.4) is 0 Å². The topological polar surface area (TPSA) is 116 Å². The molecule has 0 fully saturated rings. The summed E-state index contributed by atoms with van der Waals surface area (Å²) in [5, 5.41) is 13.1. The number of likely N-dealkylation sites (N-methyl/N-ethyl adjacent to an activating group) is 1. The van der Waals surface area contributed by atoms with Crippen molar-refractivity contribution in [3.8, 4) is 0 Å². The Hall–Kier alpha value is -4.66. The Balaban J connectivity index is 1.66. The van der Waals surface area contributed by atoms with E-state index in [9.17, 15) is 19.5 Å². The smallest absolute Gasteiger partial charge is 0.408 e. The van der Waals surface area contributed by atoms with Gasteiger partial charge in [0.1, 0.15) is 6.04 Å². The van der Waals surface area contributed by atoms with Crippen molar-refractivity contribution in [2.24, 2.45) is 0 Å². The SMILES string of the molecule is CCN(Cc1ccccc1)C(=O)[C@H](Cc1ccccc1)Nc1nc2ccc(CN(C(=O)O)C(C)(C)C)c(C)c2c(=O)o1. The van der Waals surface area contributed by atoms with E-state index in [4.69, 9.17) is 4.42 Å². The van der Waals surface area contributed by atoms with Gasteiger partial charge >= 0.3 is 11.7 Å². The lowest BCUT2D eigenvalue weighted by Crippen LogP contribution is -2.44. The summed E-state index contributed by atoms with van der Waals surface area (Å²) in [4.78, 5) is 46.6. The quantitative estimate of drug-likeness (QED) is 0.246. The monoisotopic (exact) mass is 570 g/mol. The van der Waals surface area contributed by atoms with Gasteiger partial charge < -0.3 is 19.7 Å². The minimum Gasteiger partial charge on any atom is -0.465 e. The molecule has 9 nitrogen and oxygen atoms in total. The maximum atomic E-state index is 13.8. The van der Waals surface area contributed by atoms with E-state index in [2.05, 4.69) is 10.3 Å². The van der Waals surface area contributed by atoms with Crippen LogP contribution in [0.4, 0.5) is 10.8 Å². The number of carboxylic acid groups (broad SMARTS) is 1. The van der Waals surface area contributed by atoms with Crippen LogP contribution in [0.1, 0.15) is 49.9 Å². The fourth-order valence-electron chi connectivity index (χ4n) is 4.93. The Morgan fingerprint density at radius 2 is 1.57 bits per heavy atom. The molecular weight excluding hydrogens is 532 g/mol. The number of rotatable bonds is 10. The van der Waals surface area contributed by atoms with Crippen LogP contribution in [0.25, 0.3) is 10.9 Å². The summed E-state index contributed by atoms with van der Waals surface area (Å²) in [7, 11) is 0. The lowest BCUT2D eigenvalue weighted by atomic mass is 10.0. The van der Waals surface area contributed by atoms with Crippen LogP contribution in [-0.2, 0) is 24.3 Å². The van der Waals surface area contributed by atoms with Gasteiger partial charge in [-0.15, -0.1) is 0 Å². The van der Waals surface area contributed by atoms with Crippen molar-refractivity contribution in [3.63, 3.8) is 0 Å². The van der Waals surface area contributed by atoms with Gasteiger partial charge in [-0.25, -0.2) is 9.59 Å². The minimum atomic E-state index is -1.05. The molecule has 42 heavy (non-hydrogen) atoms. The normalized spacial score (nSPS) is 12.1. The highest BCUT2D eigenvalue weighted by Gasteiger charge is 2.28. The Morgan fingerprint density at radius 1 is 0.952 bits per heavy atom. The number of hydrogen-bond donors (Lipinski definition) is 2. The van der Waals surface area contributed by atoms with Crippen molar-refractivity contribution < 1.29 is 19.1 Å². The molecule has 0 bridgehead atoms. The molecule has 0 unspecified atom stereocenters. The van der Waals surface area contributed by atoms with Gasteiger partial charge in [0, 0.05) is 31.6 Å². The molecule has 0 saturated carbocycles. The van der Waals surface area contributed by atoms with Gasteiger partial charge in [0.2, 0.25) is 5.91 Å². The molecule has 0 aliphatic carbocycles. The Kier molecular flexibility index (Phi) is 9.30. The molecule has 0 spiro atoms. The first-order chi connectivity index (χ1) is 20.0. The molecule has 1 heterocycles. The molecule has 0 radical (unpaired) electrons. The summed E-state index contributed by atoms with van der Waals surface area (Å²) in [5.41, 5.74) is 2.42. The van der Waals surface area contributed by atoms with Gasteiger partial charge in [0.05, 0.1) is 10.9 Å². The number of fused-ring (bicyclic) bond motifs is 1. The first kappa shape index (κ1) is 30.3. The number of carbonyl (C=O) groups is 2. The first-order valence-electron chi connectivity index (χ1n) is 14.0. The predicted octanol–water partition coefficient (Wildman–Crippen LogP) is 5.85. The predicted molar refractivity (Wildman–Crippen MR) is 163 cm³/mol. The van der Waals surface area contributed by atoms with Crippen LogP contribution in [0, 0.1) is 6.92 Å². The zero-order valence-corrected chi connectivity index (χ0v) is 24.8. The average Bonchev–Trinajstić information content (AvgIpc) is 2.95. The Morgan fingerprint density at radius 3 is 2.14 bits per heavy atom. The largest absolute Gasteiger partial charge is 0.465 e. The number of nitrogens with zero attached hydrogens (tertiary/aromatic N) is 3. The Labute approximate surface area is 245 Å². The third-order valence-corrected chi connectivity index (χ3v) is 7.33. The number of carbonyl (C=O) groups excluding carboxylic acids is 1. The number of aryl methyl sites for hydroxylation is 1. The summed E-state index contributed by atoms with van der Waals surface area (Å²) in [6.45, 7) is 10.2. The van der Waals surface area contributed by atoms with Gasteiger partial charge in [-0.05, 0) is 62.9 Å². The molecule has 0 saturated heterocycles. The van der Waals surface area contributed by atoms with E-state index in [-0.39, 0.29) is 23.9 Å². The summed E-state index contributed by atoms with van der Waals surface area (Å²) in [5.74, 6) is -0.141. The van der Waals surface area contributed by atoms with Crippen LogP contribution in [0.2, 0.25) is 0 Å². The van der Waals surface area contributed by atoms with Gasteiger partial charge in [0.25, 0.3) is 6.01 Å². The molecule has 3 aromatic carbocycles. The summed E-state index contributed by atoms with van der Waals surface area (Å²) < 4.78 is 5.62. The van der Waals surface area contributed by atoms with E-state index in [0.717, 1.165) is 11.1 Å². The van der Waals surface area contributed by atoms with Crippen LogP contribution in [-0.4, -0.2) is 50.0 Å². The molecule has 0 aliphatic heterocycles. The van der Waals surface area contributed by atoms with E-state index in [1.807, 2.05) is 88.4 Å². The van der Waals surface area contributed by atoms with E-state index >= 15 is 0 Å². The molecule has 1 atom stereocenters. The molecule has 4 rings (SSSR count). The zero-order valence-electron chi connectivity index (χ0n) is 24.8. The number of anilines is 1. The van der Waals surface area contributed by atoms with Crippen molar-refractivity contribution in [3.05, 3.63) is 105 Å². The van der Waals surface area contributed by atoms with Crippen molar-refractivity contribution in [2.45, 2.75) is 65.7 Å². The second-order valence-corrected chi connectivity index (χ2v) is 11.3. The van der Waals surface area contributed by atoms with Crippen LogP contribution in [0.15, 0.2) is 82.0 Å². The third kappa shape index (κ3) is 7.15. The minimum absolute atomic E-state index is 0.0495. The van der Waals surface area contributed by atoms with Crippen LogP contribution >= 0.6 is 0 Å². The van der Waals surface area contributed by atoms with Gasteiger partial charge in [-0.1, -0.05) is 66.7 Å². The fraction of sp³-hybridized carbons (Fsp3) is 0.333. The lowest BCUT2D eigenvalue weighted by molar-refractivity contribution is -0.132. The van der Waals surface area contributed by atoms with E-state index in [1.54, 1.807) is 24.0 Å². The molecule has 0 aliphatic rings. The molecule has 220 valence electrons. The van der Waals surface area contributed by atoms with Gasteiger partial charge in [-0.3, -0.25) is 9.69 Å². The molecular formula is C33H38N4O5. The highest BCUT2D eigenvalue weighted by Crippen LogP contribution is 2.24. The van der Waals surface area contributed by atoms with Crippen LogP contribution in [0.5, 0.6) is 0 Å². The maximum Gasteiger partial charge on any atom is 0.408 e. The summed E-state index contributed by atoms with van der Waals surface area (Å²) >= 11 is 0. The van der Waals surface area contributed by atoms with Crippen LogP contribution < -0.4 is 10.9 Å². The average molecular weight is 571 g/mol. The molecule has 1 aromatic heterocycles. The maximum absolute atomic E-state index is 13.8. The molecule has 2 N–H and O–H groups in total. The first-order valence-corrected chi connectivity index (χ1v) is 14.0. The number of aromatic nitrogens is 1. The number of nitrogens with one attached hydrogen (secondary N) is 1. The van der Waals surface area contributed by atoms with E-state index in [1.165, 1.54) is 4.90 Å². The number of hydrogen-bond acceptors (Lipinski definition) is 6. The van der Waals surface area contributed by atoms with Crippen molar-refractivity contribution in [1.29, 1.82) is 0 Å². The molecule has 2 amide bonds. The summed E-state index contributed by atoms with van der Waals surface area (Å²) in [6, 6.07) is 22.1. The van der Waals surface area contributed by atoms with E-state index in [0.29, 0.717) is 36.2 Å². The lowest BCUT2D eigenvalue weighted by Gasteiger charge is -2.33. The second-order valence-electron chi connectivity index (χ2n) is 11.3. The highest BCUT2D eigenvalue weighted by atomic mass is 16.4. The van der Waals surface area contributed by atoms with Gasteiger partial charge in [-0.2, -0.15) is 4.98 Å².